The second kappa shape index (κ2) is 12.3. The Bertz CT molecular complexity index is 816. The van der Waals surface area contributed by atoms with Crippen LogP contribution < -0.4 is 5.32 Å². The van der Waals surface area contributed by atoms with Crippen molar-refractivity contribution in [3.8, 4) is 0 Å². The topological polar surface area (TPSA) is 95.9 Å². The van der Waals surface area contributed by atoms with E-state index in [0.717, 1.165) is 25.7 Å². The van der Waals surface area contributed by atoms with E-state index in [1.807, 2.05) is 6.07 Å². The molecule has 1 aromatic carbocycles. The summed E-state index contributed by atoms with van der Waals surface area (Å²) in [5.41, 5.74) is 0. The summed E-state index contributed by atoms with van der Waals surface area (Å²) in [7, 11) is -1.48. The summed E-state index contributed by atoms with van der Waals surface area (Å²) in [6.07, 6.45) is 11.0. The number of nitrogens with one attached hydrogen (secondary N) is 1. The average Bonchev–Trinajstić information content (AvgIpc) is 3.40. The van der Waals surface area contributed by atoms with Gasteiger partial charge < -0.3 is 10.1 Å². The zero-order chi connectivity index (χ0) is 22.9. The highest BCUT2D eigenvalue weighted by atomic mass is 32.2. The van der Waals surface area contributed by atoms with E-state index in [0.29, 0.717) is 9.96 Å². The Labute approximate surface area is 192 Å². The standard InChI is InChI=1S/C24H34N2O5S/c1-2-3-4-5-9-12-19-20(22-14-13-21(19)31-22)16-26(29)24(28)15-25-23(27)17-32(30)18-10-7-6-8-11-18/h5-11,19-22,29H,2-4,12-17H2,1H3,(H,25,27)/t19-,20+,21-,22+,32?/m1/s1. The molecule has 2 saturated heterocycles. The van der Waals surface area contributed by atoms with E-state index in [-0.39, 0.29) is 42.9 Å². The number of fused-ring (bicyclic) bond motifs is 2. The lowest BCUT2D eigenvalue weighted by Crippen LogP contribution is -2.44. The van der Waals surface area contributed by atoms with Gasteiger partial charge in [0.2, 0.25) is 5.91 Å². The summed E-state index contributed by atoms with van der Waals surface area (Å²) >= 11 is 0. The summed E-state index contributed by atoms with van der Waals surface area (Å²) in [6, 6.07) is 8.70. The van der Waals surface area contributed by atoms with E-state index in [4.69, 9.17) is 4.74 Å². The summed E-state index contributed by atoms with van der Waals surface area (Å²) in [6.45, 7) is 2.04. The first-order valence-corrected chi connectivity index (χ1v) is 12.8. The van der Waals surface area contributed by atoms with Crippen LogP contribution >= 0.6 is 0 Å². The Morgan fingerprint density at radius 3 is 2.62 bits per heavy atom. The third kappa shape index (κ3) is 6.73. The van der Waals surface area contributed by atoms with Gasteiger partial charge in [0.15, 0.2) is 0 Å². The van der Waals surface area contributed by atoms with Crippen molar-refractivity contribution in [2.24, 2.45) is 11.8 Å². The molecule has 0 aromatic heterocycles. The maximum Gasteiger partial charge on any atom is 0.265 e. The number of carbonyl (C=O) groups is 2. The fraction of sp³-hybridized carbons (Fsp3) is 0.583. The summed E-state index contributed by atoms with van der Waals surface area (Å²) in [5.74, 6) is -0.928. The highest BCUT2D eigenvalue weighted by Crippen LogP contribution is 2.45. The molecule has 2 fully saturated rings. The van der Waals surface area contributed by atoms with Gasteiger partial charge in [-0.2, -0.15) is 0 Å². The molecule has 1 aromatic rings. The molecule has 5 atom stereocenters. The van der Waals surface area contributed by atoms with Crippen LogP contribution in [0.4, 0.5) is 0 Å². The zero-order valence-electron chi connectivity index (χ0n) is 18.7. The van der Waals surface area contributed by atoms with Crippen molar-refractivity contribution in [2.75, 3.05) is 18.8 Å². The lowest BCUT2D eigenvalue weighted by Gasteiger charge is -2.29. The van der Waals surface area contributed by atoms with Crippen LogP contribution in [0.15, 0.2) is 47.4 Å². The minimum atomic E-state index is -1.48. The van der Waals surface area contributed by atoms with Crippen LogP contribution in [-0.4, -0.2) is 57.3 Å². The van der Waals surface area contributed by atoms with E-state index in [9.17, 15) is 19.0 Å². The molecular weight excluding hydrogens is 428 g/mol. The molecule has 7 nitrogen and oxygen atoms in total. The Morgan fingerprint density at radius 2 is 1.91 bits per heavy atom. The first-order chi connectivity index (χ1) is 15.5. The summed E-state index contributed by atoms with van der Waals surface area (Å²) in [4.78, 5) is 25.0. The third-order valence-corrected chi connectivity index (χ3v) is 7.59. The number of allylic oxidation sites excluding steroid dienone is 2. The van der Waals surface area contributed by atoms with Crippen LogP contribution in [0.5, 0.6) is 0 Å². The minimum absolute atomic E-state index is 0.0689. The Balaban J connectivity index is 1.44. The number of nitrogens with zero attached hydrogens (tertiary/aromatic N) is 1. The second-order valence-electron chi connectivity index (χ2n) is 8.52. The fourth-order valence-corrected chi connectivity index (χ4v) is 5.50. The molecule has 176 valence electrons. The SMILES string of the molecule is CCCCC=CC[C@@H]1[C@H](CN(O)C(=O)CNC(=O)CS(=O)c2ccccc2)[C@@H]2CC[C@H]1O2. The molecule has 32 heavy (non-hydrogen) atoms. The van der Waals surface area contributed by atoms with Gasteiger partial charge in [0, 0.05) is 10.8 Å². The second-order valence-corrected chi connectivity index (χ2v) is 9.97. The molecule has 2 amide bonds. The van der Waals surface area contributed by atoms with Crippen LogP contribution in [0.1, 0.15) is 45.4 Å². The normalized spacial score (nSPS) is 25.2. The van der Waals surface area contributed by atoms with Gasteiger partial charge in [-0.05, 0) is 43.7 Å². The molecule has 2 bridgehead atoms. The summed E-state index contributed by atoms with van der Waals surface area (Å²) in [5, 5.41) is 13.5. The molecule has 0 saturated carbocycles. The molecule has 1 unspecified atom stereocenters. The lowest BCUT2D eigenvalue weighted by molar-refractivity contribution is -0.168. The summed E-state index contributed by atoms with van der Waals surface area (Å²) < 4.78 is 18.3. The number of hydrogen-bond acceptors (Lipinski definition) is 5. The molecular formula is C24H34N2O5S. The van der Waals surface area contributed by atoms with Gasteiger partial charge in [0.1, 0.15) is 5.75 Å². The highest BCUT2D eigenvalue weighted by Gasteiger charge is 2.48. The van der Waals surface area contributed by atoms with Crippen molar-refractivity contribution < 1.29 is 23.7 Å². The highest BCUT2D eigenvalue weighted by molar-refractivity contribution is 7.85. The quantitative estimate of drug-likeness (QED) is 0.215. The molecule has 8 heteroatoms. The van der Waals surface area contributed by atoms with Gasteiger partial charge in [0.05, 0.1) is 36.1 Å². The average molecular weight is 463 g/mol. The fourth-order valence-electron chi connectivity index (χ4n) is 4.54. The molecule has 0 spiro atoms. The van der Waals surface area contributed by atoms with E-state index in [1.165, 1.54) is 12.8 Å². The maximum absolute atomic E-state index is 12.4. The molecule has 3 rings (SSSR count). The molecule has 2 aliphatic rings. The van der Waals surface area contributed by atoms with Crippen molar-refractivity contribution in [3.63, 3.8) is 0 Å². The largest absolute Gasteiger partial charge is 0.374 e. The number of unbranched alkanes of at least 4 members (excludes halogenated alkanes) is 2. The van der Waals surface area contributed by atoms with Gasteiger partial charge in [-0.3, -0.25) is 19.0 Å². The zero-order valence-corrected chi connectivity index (χ0v) is 19.5. The van der Waals surface area contributed by atoms with Crippen LogP contribution in [0, 0.1) is 11.8 Å². The minimum Gasteiger partial charge on any atom is -0.374 e. The number of benzene rings is 1. The van der Waals surface area contributed by atoms with E-state index in [1.54, 1.807) is 24.3 Å². The van der Waals surface area contributed by atoms with Crippen molar-refractivity contribution in [3.05, 3.63) is 42.5 Å². The van der Waals surface area contributed by atoms with Crippen molar-refractivity contribution in [1.82, 2.24) is 10.4 Å². The van der Waals surface area contributed by atoms with E-state index in [2.05, 4.69) is 24.4 Å². The first-order valence-electron chi connectivity index (χ1n) is 11.5. The van der Waals surface area contributed by atoms with Crippen LogP contribution in [0.3, 0.4) is 0 Å². The van der Waals surface area contributed by atoms with Crippen molar-refractivity contribution in [2.45, 2.75) is 62.6 Å². The van der Waals surface area contributed by atoms with E-state index < -0.39 is 22.6 Å². The lowest BCUT2D eigenvalue weighted by atomic mass is 9.77. The first kappa shape index (κ1) is 24.6. The Kier molecular flexibility index (Phi) is 9.44. The van der Waals surface area contributed by atoms with Gasteiger partial charge in [0.25, 0.3) is 5.91 Å². The van der Waals surface area contributed by atoms with Crippen molar-refractivity contribution in [1.29, 1.82) is 0 Å². The Hall–Kier alpha value is -2.03. The number of amides is 2. The smallest absolute Gasteiger partial charge is 0.265 e. The molecule has 2 N–H and O–H groups in total. The van der Waals surface area contributed by atoms with Gasteiger partial charge in [-0.15, -0.1) is 0 Å². The van der Waals surface area contributed by atoms with Crippen molar-refractivity contribution >= 4 is 22.6 Å². The molecule has 0 aliphatic carbocycles. The van der Waals surface area contributed by atoms with Crippen LogP contribution in [-0.2, 0) is 25.1 Å². The number of hydrogen-bond donors (Lipinski definition) is 2. The van der Waals surface area contributed by atoms with Gasteiger partial charge in [-0.1, -0.05) is 50.1 Å². The monoisotopic (exact) mass is 462 g/mol. The van der Waals surface area contributed by atoms with Gasteiger partial charge in [-0.25, -0.2) is 5.06 Å². The van der Waals surface area contributed by atoms with Gasteiger partial charge >= 0.3 is 0 Å². The number of carbonyl (C=O) groups excluding carboxylic acids is 2. The maximum atomic E-state index is 12.4. The Morgan fingerprint density at radius 1 is 1.19 bits per heavy atom. The van der Waals surface area contributed by atoms with Crippen LogP contribution in [0.25, 0.3) is 0 Å². The van der Waals surface area contributed by atoms with E-state index >= 15 is 0 Å². The molecule has 2 aliphatic heterocycles. The number of hydroxylamine groups is 2. The van der Waals surface area contributed by atoms with Crippen LogP contribution in [0.2, 0.25) is 0 Å². The third-order valence-electron chi connectivity index (χ3n) is 6.27. The predicted molar refractivity (Wildman–Crippen MR) is 122 cm³/mol. The predicted octanol–water partition coefficient (Wildman–Crippen LogP) is 3.06. The number of rotatable bonds is 12. The number of ether oxygens (including phenoxy) is 1. The molecule has 0 radical (unpaired) electrons. The molecule has 2 heterocycles.